The highest BCUT2D eigenvalue weighted by atomic mass is 32.1. The fourth-order valence-electron chi connectivity index (χ4n) is 1.83. The van der Waals surface area contributed by atoms with Crippen molar-refractivity contribution in [3.63, 3.8) is 0 Å². The molecular weight excluding hydrogens is 236 g/mol. The van der Waals surface area contributed by atoms with E-state index in [1.807, 2.05) is 27.8 Å². The van der Waals surface area contributed by atoms with E-state index in [1.54, 1.807) is 11.3 Å². The molecule has 0 aliphatic heterocycles. The van der Waals surface area contributed by atoms with E-state index in [-0.39, 0.29) is 5.97 Å². The molecule has 17 heavy (non-hydrogen) atoms. The predicted molar refractivity (Wildman–Crippen MR) is 69.0 cm³/mol. The van der Waals surface area contributed by atoms with Crippen LogP contribution >= 0.6 is 11.3 Å². The van der Waals surface area contributed by atoms with Crippen molar-refractivity contribution in [1.29, 1.82) is 0 Å². The average Bonchev–Trinajstić information content (AvgIpc) is 2.61. The molecule has 0 amide bonds. The summed E-state index contributed by atoms with van der Waals surface area (Å²) in [7, 11) is 3.41. The Morgan fingerprint density at radius 2 is 2.24 bits per heavy atom. The molecular formula is C12H20N2O2S. The maximum atomic E-state index is 11.6. The zero-order chi connectivity index (χ0) is 13.1. The van der Waals surface area contributed by atoms with E-state index in [1.165, 1.54) is 7.11 Å². The van der Waals surface area contributed by atoms with E-state index in [0.29, 0.717) is 6.54 Å². The summed E-state index contributed by atoms with van der Waals surface area (Å²) in [5, 5.41) is 3.12. The molecule has 0 unspecified atom stereocenters. The lowest BCUT2D eigenvalue weighted by Gasteiger charge is -2.27. The van der Waals surface area contributed by atoms with Gasteiger partial charge in [-0.1, -0.05) is 0 Å². The number of aromatic nitrogens is 1. The van der Waals surface area contributed by atoms with Crippen LogP contribution in [0.15, 0.2) is 5.38 Å². The third-order valence-corrected chi connectivity index (χ3v) is 3.32. The van der Waals surface area contributed by atoms with E-state index in [2.05, 4.69) is 15.3 Å². The summed E-state index contributed by atoms with van der Waals surface area (Å²) >= 11 is 1.65. The minimum atomic E-state index is -0.492. The third-order valence-electron chi connectivity index (χ3n) is 2.50. The molecule has 0 saturated heterocycles. The summed E-state index contributed by atoms with van der Waals surface area (Å²) in [5.74, 6) is -0.182. The van der Waals surface area contributed by atoms with Gasteiger partial charge in [0.2, 0.25) is 0 Å². The molecule has 1 rings (SSSR count). The first-order valence-corrected chi connectivity index (χ1v) is 6.41. The third kappa shape index (κ3) is 4.09. The van der Waals surface area contributed by atoms with Gasteiger partial charge < -0.3 is 4.74 Å². The van der Waals surface area contributed by atoms with Crippen molar-refractivity contribution in [2.45, 2.75) is 27.3 Å². The van der Waals surface area contributed by atoms with Gasteiger partial charge in [0.15, 0.2) is 0 Å². The summed E-state index contributed by atoms with van der Waals surface area (Å²) in [4.78, 5) is 18.1. The molecule has 1 aromatic heterocycles. The molecule has 96 valence electrons. The van der Waals surface area contributed by atoms with Crippen LogP contribution in [0, 0.1) is 12.3 Å². The Morgan fingerprint density at radius 1 is 1.59 bits per heavy atom. The fraction of sp³-hybridized carbons (Fsp3) is 0.667. The van der Waals surface area contributed by atoms with Gasteiger partial charge in [-0.15, -0.1) is 11.3 Å². The van der Waals surface area contributed by atoms with Gasteiger partial charge in [0, 0.05) is 18.5 Å². The average molecular weight is 256 g/mol. The summed E-state index contributed by atoms with van der Waals surface area (Å²) in [6.45, 7) is 7.18. The van der Waals surface area contributed by atoms with Crippen LogP contribution < -0.4 is 0 Å². The molecule has 0 atom stereocenters. The molecule has 1 aromatic rings. The van der Waals surface area contributed by atoms with Crippen molar-refractivity contribution in [3.05, 3.63) is 16.1 Å². The molecule has 0 aromatic carbocycles. The first kappa shape index (κ1) is 14.1. The van der Waals surface area contributed by atoms with Crippen LogP contribution in [0.5, 0.6) is 0 Å². The number of hydrogen-bond donors (Lipinski definition) is 0. The van der Waals surface area contributed by atoms with Gasteiger partial charge in [-0.25, -0.2) is 4.98 Å². The second kappa shape index (κ2) is 5.60. The highest BCUT2D eigenvalue weighted by molar-refractivity contribution is 7.09. The van der Waals surface area contributed by atoms with Crippen molar-refractivity contribution in [2.75, 3.05) is 20.7 Å². The number of ether oxygens (including phenoxy) is 1. The summed E-state index contributed by atoms with van der Waals surface area (Å²) in [5.41, 5.74) is 0.560. The van der Waals surface area contributed by atoms with Crippen LogP contribution in [0.2, 0.25) is 0 Å². The van der Waals surface area contributed by atoms with Crippen LogP contribution in [0.1, 0.15) is 24.5 Å². The molecule has 5 heteroatoms. The van der Waals surface area contributed by atoms with Gasteiger partial charge in [-0.05, 0) is 27.8 Å². The Bertz CT molecular complexity index is 388. The smallest absolute Gasteiger partial charge is 0.312 e. The van der Waals surface area contributed by atoms with Crippen LogP contribution in [-0.4, -0.2) is 36.6 Å². The lowest BCUT2D eigenvalue weighted by atomic mass is 9.93. The Hall–Kier alpha value is -0.940. The maximum absolute atomic E-state index is 11.6. The van der Waals surface area contributed by atoms with Crippen LogP contribution in [0.4, 0.5) is 0 Å². The van der Waals surface area contributed by atoms with Crippen molar-refractivity contribution in [1.82, 2.24) is 9.88 Å². The summed E-state index contributed by atoms with van der Waals surface area (Å²) in [6, 6.07) is 0. The number of carbonyl (C=O) groups excluding carboxylic acids is 1. The predicted octanol–water partition coefficient (Wildman–Crippen LogP) is 2.08. The maximum Gasteiger partial charge on any atom is 0.312 e. The SMILES string of the molecule is COC(=O)C(C)(C)CN(C)Cc1csc(C)n1. The summed E-state index contributed by atoms with van der Waals surface area (Å²) in [6.07, 6.45) is 0. The number of aryl methyl sites for hydroxylation is 1. The Morgan fingerprint density at radius 3 is 2.71 bits per heavy atom. The van der Waals surface area contributed by atoms with Gasteiger partial charge in [-0.2, -0.15) is 0 Å². The van der Waals surface area contributed by atoms with Gasteiger partial charge in [-0.3, -0.25) is 9.69 Å². The Labute approximate surface area is 107 Å². The molecule has 0 radical (unpaired) electrons. The van der Waals surface area contributed by atoms with E-state index >= 15 is 0 Å². The standard InChI is InChI=1S/C12H20N2O2S/c1-9-13-10(7-17-9)6-14(4)8-12(2,3)11(15)16-5/h7H,6,8H2,1-5H3. The zero-order valence-corrected chi connectivity index (χ0v) is 11.9. The second-order valence-electron chi connectivity index (χ2n) is 4.91. The number of hydrogen-bond acceptors (Lipinski definition) is 5. The van der Waals surface area contributed by atoms with Crippen molar-refractivity contribution in [3.8, 4) is 0 Å². The second-order valence-corrected chi connectivity index (χ2v) is 5.97. The van der Waals surface area contributed by atoms with E-state index in [0.717, 1.165) is 17.2 Å². The molecule has 0 aliphatic rings. The van der Waals surface area contributed by atoms with E-state index < -0.39 is 5.41 Å². The molecule has 0 spiro atoms. The van der Waals surface area contributed by atoms with Crippen LogP contribution in [0.3, 0.4) is 0 Å². The first-order chi connectivity index (χ1) is 7.85. The lowest BCUT2D eigenvalue weighted by Crippen LogP contribution is -2.37. The number of rotatable bonds is 5. The molecule has 0 N–H and O–H groups in total. The zero-order valence-electron chi connectivity index (χ0n) is 11.1. The topological polar surface area (TPSA) is 42.4 Å². The first-order valence-electron chi connectivity index (χ1n) is 5.53. The number of thiazole rings is 1. The van der Waals surface area contributed by atoms with Crippen molar-refractivity contribution >= 4 is 17.3 Å². The minimum Gasteiger partial charge on any atom is -0.469 e. The van der Waals surface area contributed by atoms with Crippen LogP contribution in [0.25, 0.3) is 0 Å². The van der Waals surface area contributed by atoms with E-state index in [9.17, 15) is 4.79 Å². The van der Waals surface area contributed by atoms with Gasteiger partial charge in [0.25, 0.3) is 0 Å². The van der Waals surface area contributed by atoms with Crippen molar-refractivity contribution in [2.24, 2.45) is 5.41 Å². The van der Waals surface area contributed by atoms with Gasteiger partial charge in [0.1, 0.15) is 0 Å². The fourth-order valence-corrected chi connectivity index (χ4v) is 2.43. The number of methoxy groups -OCH3 is 1. The molecule has 0 saturated carbocycles. The largest absolute Gasteiger partial charge is 0.469 e. The lowest BCUT2D eigenvalue weighted by molar-refractivity contribution is -0.151. The molecule has 4 nitrogen and oxygen atoms in total. The van der Waals surface area contributed by atoms with Crippen molar-refractivity contribution < 1.29 is 9.53 Å². The highest BCUT2D eigenvalue weighted by Gasteiger charge is 2.30. The van der Waals surface area contributed by atoms with Gasteiger partial charge >= 0.3 is 5.97 Å². The normalized spacial score (nSPS) is 11.9. The molecule has 1 heterocycles. The molecule has 0 fully saturated rings. The molecule has 0 aliphatic carbocycles. The Kier molecular flexibility index (Phi) is 4.65. The minimum absolute atomic E-state index is 0.182. The number of nitrogens with zero attached hydrogens (tertiary/aromatic N) is 2. The summed E-state index contributed by atoms with van der Waals surface area (Å²) < 4.78 is 4.79. The van der Waals surface area contributed by atoms with Gasteiger partial charge in [0.05, 0.1) is 23.2 Å². The van der Waals surface area contributed by atoms with E-state index in [4.69, 9.17) is 4.74 Å². The number of esters is 1. The highest BCUT2D eigenvalue weighted by Crippen LogP contribution is 2.19. The molecule has 0 bridgehead atoms. The quantitative estimate of drug-likeness (QED) is 0.757. The number of carbonyl (C=O) groups is 1. The Balaban J connectivity index is 2.54. The monoisotopic (exact) mass is 256 g/mol. The van der Waals surface area contributed by atoms with Crippen LogP contribution in [-0.2, 0) is 16.1 Å².